The number of nitrogens with two attached hydrogens (primary N) is 2. The van der Waals surface area contributed by atoms with Crippen LogP contribution in [-0.2, 0) is 4.79 Å². The monoisotopic (exact) mass is 195 g/mol. The molecule has 1 aromatic heterocycles. The van der Waals surface area contributed by atoms with Gasteiger partial charge in [0.25, 0.3) is 0 Å². The molecule has 6 nitrogen and oxygen atoms in total. The molecular formula is C8H13N5O. The molecule has 1 amide bonds. The van der Waals surface area contributed by atoms with Crippen LogP contribution in [0.25, 0.3) is 0 Å². The molecule has 0 radical (unpaired) electrons. The highest BCUT2D eigenvalue weighted by Crippen LogP contribution is 2.08. The Hall–Kier alpha value is -1.85. The van der Waals surface area contributed by atoms with Crippen molar-refractivity contribution in [3.05, 3.63) is 11.9 Å². The highest BCUT2D eigenvalue weighted by molar-refractivity contribution is 5.82. The first-order chi connectivity index (χ1) is 6.49. The van der Waals surface area contributed by atoms with Crippen LogP contribution < -0.4 is 16.8 Å². The van der Waals surface area contributed by atoms with Crippen molar-refractivity contribution >= 4 is 17.5 Å². The molecule has 14 heavy (non-hydrogen) atoms. The molecule has 0 aliphatic carbocycles. The molecule has 1 aromatic rings. The molecule has 6 heteroatoms. The summed E-state index contributed by atoms with van der Waals surface area (Å²) in [6.07, 6.45) is 0. The van der Waals surface area contributed by atoms with Crippen LogP contribution in [0, 0.1) is 6.92 Å². The lowest BCUT2D eigenvalue weighted by Crippen LogP contribution is -2.32. The third-order valence-electron chi connectivity index (χ3n) is 1.65. The first kappa shape index (κ1) is 10.2. The molecule has 0 saturated carbocycles. The largest absolute Gasteiger partial charge is 0.384 e. The van der Waals surface area contributed by atoms with Gasteiger partial charge in [-0.15, -0.1) is 0 Å². The lowest BCUT2D eigenvalue weighted by atomic mass is 10.3. The highest BCUT2D eigenvalue weighted by atomic mass is 16.1. The minimum absolute atomic E-state index is 0.358. The van der Waals surface area contributed by atoms with E-state index in [9.17, 15) is 4.79 Å². The number of nitrogen functional groups attached to an aromatic ring is 1. The van der Waals surface area contributed by atoms with Gasteiger partial charge >= 0.3 is 0 Å². The molecule has 0 aliphatic heterocycles. The van der Waals surface area contributed by atoms with Crippen molar-refractivity contribution in [1.82, 2.24) is 9.97 Å². The van der Waals surface area contributed by atoms with E-state index in [1.54, 1.807) is 19.9 Å². The second kappa shape index (κ2) is 3.91. The van der Waals surface area contributed by atoms with E-state index in [0.29, 0.717) is 17.5 Å². The van der Waals surface area contributed by atoms with E-state index < -0.39 is 11.9 Å². The predicted molar refractivity (Wildman–Crippen MR) is 53.5 cm³/mol. The maximum Gasteiger partial charge on any atom is 0.239 e. The molecule has 5 N–H and O–H groups in total. The lowest BCUT2D eigenvalue weighted by molar-refractivity contribution is -0.118. The van der Waals surface area contributed by atoms with Crippen LogP contribution in [0.4, 0.5) is 11.6 Å². The van der Waals surface area contributed by atoms with Gasteiger partial charge in [0.1, 0.15) is 23.5 Å². The molecule has 1 atom stereocenters. The van der Waals surface area contributed by atoms with Gasteiger partial charge in [0.05, 0.1) is 0 Å². The summed E-state index contributed by atoms with van der Waals surface area (Å²) >= 11 is 0. The van der Waals surface area contributed by atoms with E-state index in [4.69, 9.17) is 11.5 Å². The quantitative estimate of drug-likeness (QED) is 0.611. The van der Waals surface area contributed by atoms with Gasteiger partial charge in [0, 0.05) is 6.07 Å². The smallest absolute Gasteiger partial charge is 0.239 e. The number of rotatable bonds is 3. The number of aromatic nitrogens is 2. The Balaban J connectivity index is 2.81. The summed E-state index contributed by atoms with van der Waals surface area (Å²) in [5, 5.41) is 2.82. The second-order valence-corrected chi connectivity index (χ2v) is 2.99. The lowest BCUT2D eigenvalue weighted by Gasteiger charge is -2.11. The van der Waals surface area contributed by atoms with Gasteiger partial charge < -0.3 is 16.8 Å². The van der Waals surface area contributed by atoms with Crippen LogP contribution in [0.5, 0.6) is 0 Å². The predicted octanol–water partition coefficient (Wildman–Crippen LogP) is -0.347. The van der Waals surface area contributed by atoms with Gasteiger partial charge in [-0.25, -0.2) is 9.97 Å². The Labute approximate surface area is 81.7 Å². The number of primary amides is 1. The van der Waals surface area contributed by atoms with Gasteiger partial charge in [0.15, 0.2) is 0 Å². The zero-order valence-corrected chi connectivity index (χ0v) is 8.11. The fourth-order valence-corrected chi connectivity index (χ4v) is 0.958. The summed E-state index contributed by atoms with van der Waals surface area (Å²) in [6, 6.07) is 1.07. The van der Waals surface area contributed by atoms with Crippen molar-refractivity contribution in [3.8, 4) is 0 Å². The number of anilines is 2. The Morgan fingerprint density at radius 1 is 1.57 bits per heavy atom. The molecular weight excluding hydrogens is 182 g/mol. The number of hydrogen-bond donors (Lipinski definition) is 3. The van der Waals surface area contributed by atoms with Gasteiger partial charge in [-0.1, -0.05) is 0 Å². The summed E-state index contributed by atoms with van der Waals surface area (Å²) in [5.41, 5.74) is 10.6. The van der Waals surface area contributed by atoms with E-state index in [2.05, 4.69) is 15.3 Å². The summed E-state index contributed by atoms with van der Waals surface area (Å²) in [7, 11) is 0. The SMILES string of the molecule is Cc1nc(N)cc(NC(C)C(N)=O)n1. The highest BCUT2D eigenvalue weighted by Gasteiger charge is 2.09. The molecule has 1 heterocycles. The minimum Gasteiger partial charge on any atom is -0.384 e. The van der Waals surface area contributed by atoms with Crippen LogP contribution in [0.15, 0.2) is 6.07 Å². The summed E-state index contributed by atoms with van der Waals surface area (Å²) in [6.45, 7) is 3.37. The number of aryl methyl sites for hydroxylation is 1. The van der Waals surface area contributed by atoms with Gasteiger partial charge in [0.2, 0.25) is 5.91 Å². The third-order valence-corrected chi connectivity index (χ3v) is 1.65. The van der Waals surface area contributed by atoms with Crippen LogP contribution in [0.2, 0.25) is 0 Å². The summed E-state index contributed by atoms with van der Waals surface area (Å²) < 4.78 is 0. The molecule has 1 rings (SSSR count). The van der Waals surface area contributed by atoms with Crippen LogP contribution >= 0.6 is 0 Å². The van der Waals surface area contributed by atoms with Gasteiger partial charge in [-0.2, -0.15) is 0 Å². The molecule has 0 saturated heterocycles. The first-order valence-corrected chi connectivity index (χ1v) is 4.16. The van der Waals surface area contributed by atoms with Crippen molar-refractivity contribution in [1.29, 1.82) is 0 Å². The summed E-state index contributed by atoms with van der Waals surface area (Å²) in [4.78, 5) is 18.7. The molecule has 0 spiro atoms. The third kappa shape index (κ3) is 2.58. The number of carbonyl (C=O) groups is 1. The van der Waals surface area contributed by atoms with E-state index in [1.807, 2.05) is 0 Å². The van der Waals surface area contributed by atoms with Crippen molar-refractivity contribution in [2.24, 2.45) is 5.73 Å². The average molecular weight is 195 g/mol. The van der Waals surface area contributed by atoms with Crippen LogP contribution in [0.3, 0.4) is 0 Å². The standard InChI is InChI=1S/C8H13N5O/c1-4(8(10)14)11-7-3-6(9)12-5(2)13-7/h3-4H,1-2H3,(H2,10,14)(H3,9,11,12,13). The molecule has 1 unspecified atom stereocenters. The topological polar surface area (TPSA) is 107 Å². The van der Waals surface area contributed by atoms with Gasteiger partial charge in [-0.05, 0) is 13.8 Å². The zero-order valence-electron chi connectivity index (χ0n) is 8.11. The summed E-state index contributed by atoms with van der Waals surface area (Å²) in [5.74, 6) is 0.960. The maximum atomic E-state index is 10.8. The Morgan fingerprint density at radius 2 is 2.21 bits per heavy atom. The number of hydrogen-bond acceptors (Lipinski definition) is 5. The van der Waals surface area contributed by atoms with Crippen molar-refractivity contribution in [2.45, 2.75) is 19.9 Å². The molecule has 0 bridgehead atoms. The van der Waals surface area contributed by atoms with E-state index >= 15 is 0 Å². The fraction of sp³-hybridized carbons (Fsp3) is 0.375. The van der Waals surface area contributed by atoms with E-state index in [1.165, 1.54) is 0 Å². The number of nitrogens with one attached hydrogen (secondary N) is 1. The zero-order chi connectivity index (χ0) is 10.7. The normalized spacial score (nSPS) is 12.1. The molecule has 0 aromatic carbocycles. The molecule has 0 aliphatic rings. The molecule has 76 valence electrons. The fourth-order valence-electron chi connectivity index (χ4n) is 0.958. The molecule has 0 fully saturated rings. The van der Waals surface area contributed by atoms with E-state index in [0.717, 1.165) is 0 Å². The Kier molecular flexibility index (Phi) is 2.85. The van der Waals surface area contributed by atoms with Gasteiger partial charge in [-0.3, -0.25) is 4.79 Å². The van der Waals surface area contributed by atoms with Crippen LogP contribution in [-0.4, -0.2) is 21.9 Å². The van der Waals surface area contributed by atoms with E-state index in [-0.39, 0.29) is 0 Å². The minimum atomic E-state index is -0.483. The number of carbonyl (C=O) groups excluding carboxylic acids is 1. The van der Waals surface area contributed by atoms with Crippen molar-refractivity contribution in [2.75, 3.05) is 11.1 Å². The Morgan fingerprint density at radius 3 is 2.71 bits per heavy atom. The van der Waals surface area contributed by atoms with Crippen molar-refractivity contribution in [3.63, 3.8) is 0 Å². The average Bonchev–Trinajstić information content (AvgIpc) is 2.01. The number of nitrogens with zero attached hydrogens (tertiary/aromatic N) is 2. The Bertz CT molecular complexity index is 331. The van der Waals surface area contributed by atoms with Crippen molar-refractivity contribution < 1.29 is 4.79 Å². The van der Waals surface area contributed by atoms with Crippen LogP contribution in [0.1, 0.15) is 12.7 Å². The number of amides is 1. The second-order valence-electron chi connectivity index (χ2n) is 2.99. The maximum absolute atomic E-state index is 10.8. The first-order valence-electron chi connectivity index (χ1n) is 4.16.